The quantitative estimate of drug-likeness (QED) is 0.201. The van der Waals surface area contributed by atoms with Gasteiger partial charge >= 0.3 is 13.7 Å². The lowest BCUT2D eigenvalue weighted by atomic mass is 9.84. The number of aliphatic hydroxyl groups is 1. The summed E-state index contributed by atoms with van der Waals surface area (Å²) in [7, 11) is -4.26. The summed E-state index contributed by atoms with van der Waals surface area (Å²) in [5.41, 5.74) is 4.86. The topological polar surface area (TPSA) is 206 Å². The van der Waals surface area contributed by atoms with Gasteiger partial charge in [-0.1, -0.05) is 18.2 Å². The highest BCUT2D eigenvalue weighted by Crippen LogP contribution is 2.49. The van der Waals surface area contributed by atoms with Gasteiger partial charge in [0, 0.05) is 0 Å². The van der Waals surface area contributed by atoms with Crippen LogP contribution in [0.1, 0.15) is 40.8 Å². The van der Waals surface area contributed by atoms with Gasteiger partial charge in [-0.15, -0.1) is 0 Å². The SMILES string of the molecule is CCOc1nc(N)nc2c1ncn2[C@@H]1O[C@H](COP(=O)(N[C@H](C)C(=O)OC(C)C)Oc2ccccc2)[C@@H](O)[C@@]1(C)C#N. The summed E-state index contributed by atoms with van der Waals surface area (Å²) in [4.78, 5) is 25.1. The van der Waals surface area contributed by atoms with Crippen molar-refractivity contribution in [1.29, 1.82) is 5.26 Å². The fourth-order valence-corrected chi connectivity index (χ4v) is 5.84. The first-order valence-electron chi connectivity index (χ1n) is 13.3. The lowest BCUT2D eigenvalue weighted by Crippen LogP contribution is -2.39. The standard InChI is InChI=1S/C26H34N7O8P/c1-6-37-22-19-21(30-25(28)31-22)33(14-29-19)24-26(5,13-27)20(34)18(40-24)12-38-42(36,41-17-10-8-7-9-11-17)32-16(4)23(35)39-15(2)3/h7-11,14-16,18,20,24,34H,6,12H2,1-5H3,(H,32,36)(H2,28,30,31)/t16-,18-,20-,24-,26-,42?/m1/s1. The molecule has 0 spiro atoms. The summed E-state index contributed by atoms with van der Waals surface area (Å²) >= 11 is 0. The van der Waals surface area contributed by atoms with Crippen molar-refractivity contribution in [2.75, 3.05) is 18.9 Å². The van der Waals surface area contributed by atoms with Crippen LogP contribution in [0.3, 0.4) is 0 Å². The van der Waals surface area contributed by atoms with E-state index in [-0.39, 0.29) is 28.7 Å². The zero-order chi connectivity index (χ0) is 30.7. The van der Waals surface area contributed by atoms with Gasteiger partial charge in [-0.3, -0.25) is 13.9 Å². The lowest BCUT2D eigenvalue weighted by Gasteiger charge is -2.26. The number of fused-ring (bicyclic) bond motifs is 1. The Balaban J connectivity index is 1.60. The number of nitrogens with two attached hydrogens (primary N) is 1. The van der Waals surface area contributed by atoms with Crippen molar-refractivity contribution in [2.24, 2.45) is 5.41 Å². The second-order valence-electron chi connectivity index (χ2n) is 10.0. The monoisotopic (exact) mass is 603 g/mol. The van der Waals surface area contributed by atoms with Crippen molar-refractivity contribution < 1.29 is 37.7 Å². The molecule has 42 heavy (non-hydrogen) atoms. The lowest BCUT2D eigenvalue weighted by molar-refractivity contribution is -0.149. The van der Waals surface area contributed by atoms with Gasteiger partial charge in [0.15, 0.2) is 17.4 Å². The van der Waals surface area contributed by atoms with Crippen molar-refractivity contribution in [2.45, 2.75) is 65.2 Å². The van der Waals surface area contributed by atoms with Crippen molar-refractivity contribution in [3.05, 3.63) is 36.7 Å². The number of carbonyl (C=O) groups is 1. The van der Waals surface area contributed by atoms with Crippen LogP contribution >= 0.6 is 7.75 Å². The molecule has 6 atom stereocenters. The molecular formula is C26H34N7O8P. The molecule has 15 nitrogen and oxygen atoms in total. The van der Waals surface area contributed by atoms with Gasteiger partial charge < -0.3 is 29.6 Å². The molecule has 3 heterocycles. The Kier molecular flexibility index (Phi) is 9.34. The fraction of sp³-hybridized carbons (Fsp3) is 0.500. The zero-order valence-corrected chi connectivity index (χ0v) is 24.7. The largest absolute Gasteiger partial charge is 0.476 e. The smallest absolute Gasteiger partial charge is 0.459 e. The molecule has 1 saturated heterocycles. The number of para-hydroxylation sites is 1. The molecule has 0 saturated carbocycles. The van der Waals surface area contributed by atoms with Crippen LogP contribution in [-0.4, -0.2) is 68.2 Å². The number of nitrogens with one attached hydrogen (secondary N) is 1. The van der Waals surface area contributed by atoms with Crippen LogP contribution in [0.25, 0.3) is 11.2 Å². The average molecular weight is 604 g/mol. The summed E-state index contributed by atoms with van der Waals surface area (Å²) in [6.07, 6.45) is -2.70. The number of nitrogen functional groups attached to an aromatic ring is 1. The van der Waals surface area contributed by atoms with Crippen LogP contribution in [0.5, 0.6) is 11.6 Å². The van der Waals surface area contributed by atoms with Gasteiger partial charge in [-0.25, -0.2) is 9.55 Å². The minimum absolute atomic E-state index is 0.0834. The number of aliphatic hydroxyl groups excluding tert-OH is 1. The number of esters is 1. The molecule has 0 amide bonds. The van der Waals surface area contributed by atoms with E-state index in [4.69, 9.17) is 29.0 Å². The molecule has 0 radical (unpaired) electrons. The molecule has 3 aromatic rings. The number of hydrogen-bond donors (Lipinski definition) is 3. The van der Waals surface area contributed by atoms with Gasteiger partial charge in [0.2, 0.25) is 11.8 Å². The normalized spacial score (nSPS) is 24.2. The van der Waals surface area contributed by atoms with E-state index in [2.05, 4.69) is 26.1 Å². The zero-order valence-electron chi connectivity index (χ0n) is 23.8. The van der Waals surface area contributed by atoms with Gasteiger partial charge in [0.25, 0.3) is 0 Å². The number of hydrogen-bond acceptors (Lipinski definition) is 13. The van der Waals surface area contributed by atoms with Crippen LogP contribution in [0.15, 0.2) is 36.7 Å². The Hall–Kier alpha value is -3.80. The van der Waals surface area contributed by atoms with Gasteiger partial charge in [0.1, 0.15) is 29.4 Å². The van der Waals surface area contributed by atoms with Gasteiger partial charge in [-0.2, -0.15) is 20.3 Å². The Bertz CT molecular complexity index is 1500. The van der Waals surface area contributed by atoms with Crippen LogP contribution in [0.2, 0.25) is 0 Å². The van der Waals surface area contributed by atoms with E-state index in [1.807, 2.05) is 0 Å². The Morgan fingerprint density at radius 2 is 2.02 bits per heavy atom. The first-order chi connectivity index (χ1) is 19.9. The minimum atomic E-state index is -4.26. The molecule has 0 bridgehead atoms. The maximum atomic E-state index is 13.9. The van der Waals surface area contributed by atoms with Gasteiger partial charge in [0.05, 0.1) is 31.7 Å². The molecule has 1 aliphatic rings. The van der Waals surface area contributed by atoms with E-state index in [0.717, 1.165) is 0 Å². The number of aromatic nitrogens is 4. The van der Waals surface area contributed by atoms with Crippen LogP contribution in [0, 0.1) is 16.7 Å². The van der Waals surface area contributed by atoms with E-state index in [1.165, 1.54) is 24.7 Å². The number of imidazole rings is 1. The molecule has 226 valence electrons. The molecule has 1 aliphatic heterocycles. The summed E-state index contributed by atoms with van der Waals surface area (Å²) in [5, 5.41) is 23.9. The summed E-state index contributed by atoms with van der Waals surface area (Å²) < 4.78 is 43.5. The summed E-state index contributed by atoms with van der Waals surface area (Å²) in [6, 6.07) is 9.26. The second-order valence-corrected chi connectivity index (χ2v) is 11.7. The van der Waals surface area contributed by atoms with Crippen molar-refractivity contribution in [1.82, 2.24) is 24.6 Å². The Morgan fingerprint density at radius 3 is 2.67 bits per heavy atom. The number of anilines is 1. The third kappa shape index (κ3) is 6.48. The van der Waals surface area contributed by atoms with Crippen molar-refractivity contribution in [3.8, 4) is 17.7 Å². The fourth-order valence-electron chi connectivity index (χ4n) is 4.34. The number of nitriles is 1. The van der Waals surface area contributed by atoms with Crippen LogP contribution in [0.4, 0.5) is 5.95 Å². The molecule has 1 fully saturated rings. The Labute approximate surface area is 242 Å². The maximum Gasteiger partial charge on any atom is 0.459 e. The first-order valence-corrected chi connectivity index (χ1v) is 14.8. The number of benzene rings is 1. The molecule has 4 rings (SSSR count). The van der Waals surface area contributed by atoms with Crippen molar-refractivity contribution in [3.63, 3.8) is 0 Å². The van der Waals surface area contributed by atoms with E-state index in [0.29, 0.717) is 6.61 Å². The Morgan fingerprint density at radius 1 is 1.31 bits per heavy atom. The van der Waals surface area contributed by atoms with E-state index < -0.39 is 56.3 Å². The molecule has 1 unspecified atom stereocenters. The highest BCUT2D eigenvalue weighted by Gasteiger charge is 2.56. The van der Waals surface area contributed by atoms with E-state index >= 15 is 0 Å². The number of ether oxygens (including phenoxy) is 3. The minimum Gasteiger partial charge on any atom is -0.476 e. The van der Waals surface area contributed by atoms with Crippen LogP contribution in [-0.2, 0) is 23.4 Å². The molecule has 2 aromatic heterocycles. The number of rotatable bonds is 12. The molecular weight excluding hydrogens is 569 g/mol. The highest BCUT2D eigenvalue weighted by molar-refractivity contribution is 7.52. The molecule has 16 heteroatoms. The number of nitrogens with zero attached hydrogens (tertiary/aromatic N) is 5. The molecule has 1 aromatic carbocycles. The average Bonchev–Trinajstić information content (AvgIpc) is 3.46. The number of carbonyl (C=O) groups excluding carboxylic acids is 1. The van der Waals surface area contributed by atoms with Crippen molar-refractivity contribution >= 4 is 30.8 Å². The van der Waals surface area contributed by atoms with Crippen LogP contribution < -0.4 is 20.1 Å². The molecule has 0 aliphatic carbocycles. The third-order valence-corrected chi connectivity index (χ3v) is 8.04. The predicted octanol–water partition coefficient (Wildman–Crippen LogP) is 2.73. The van der Waals surface area contributed by atoms with Gasteiger partial charge in [-0.05, 0) is 46.8 Å². The third-order valence-electron chi connectivity index (χ3n) is 6.40. The summed E-state index contributed by atoms with van der Waals surface area (Å²) in [5.74, 6) is -0.386. The van der Waals surface area contributed by atoms with E-state index in [1.54, 1.807) is 51.1 Å². The molecule has 4 N–H and O–H groups in total. The highest BCUT2D eigenvalue weighted by atomic mass is 31.2. The van der Waals surface area contributed by atoms with E-state index in [9.17, 15) is 19.7 Å². The summed E-state index contributed by atoms with van der Waals surface area (Å²) in [6.45, 7) is 7.93. The maximum absolute atomic E-state index is 13.9. The predicted molar refractivity (Wildman–Crippen MR) is 149 cm³/mol. The first kappa shape index (κ1) is 31.1. The second kappa shape index (κ2) is 12.6.